The molecule has 0 aliphatic carbocycles. The Morgan fingerprint density at radius 2 is 1.68 bits per heavy atom. The molecule has 3 aromatic rings. The van der Waals surface area contributed by atoms with Gasteiger partial charge in [0.1, 0.15) is 11.8 Å². The fourth-order valence-corrected chi connectivity index (χ4v) is 6.13. The highest BCUT2D eigenvalue weighted by Crippen LogP contribution is 2.53. The van der Waals surface area contributed by atoms with Crippen LogP contribution in [0.1, 0.15) is 24.1 Å². The van der Waals surface area contributed by atoms with Crippen molar-refractivity contribution in [1.29, 1.82) is 0 Å². The van der Waals surface area contributed by atoms with Crippen LogP contribution in [0.2, 0.25) is 0 Å². The van der Waals surface area contributed by atoms with Crippen molar-refractivity contribution in [3.8, 4) is 17.2 Å². The number of nitrogens with one attached hydrogen (secondary N) is 1. The fourth-order valence-electron chi connectivity index (χ4n) is 6.13. The van der Waals surface area contributed by atoms with Gasteiger partial charge in [-0.15, -0.1) is 0 Å². The summed E-state index contributed by atoms with van der Waals surface area (Å²) in [4.78, 5) is 56.1. The second-order valence-corrected chi connectivity index (χ2v) is 9.99. The maximum Gasteiger partial charge on any atom is 0.308 e. The van der Waals surface area contributed by atoms with E-state index in [0.29, 0.717) is 28.6 Å². The van der Waals surface area contributed by atoms with Gasteiger partial charge in [-0.1, -0.05) is 24.3 Å². The Morgan fingerprint density at radius 3 is 2.48 bits per heavy atom. The average Bonchev–Trinajstić information content (AvgIpc) is 3.62. The van der Waals surface area contributed by atoms with Crippen LogP contribution in [0, 0.1) is 11.8 Å². The first-order valence-corrected chi connectivity index (χ1v) is 12.8. The van der Waals surface area contributed by atoms with E-state index in [1.54, 1.807) is 36.5 Å². The Labute approximate surface area is 228 Å². The van der Waals surface area contributed by atoms with E-state index in [9.17, 15) is 19.2 Å². The zero-order valence-corrected chi connectivity index (χ0v) is 21.3. The summed E-state index contributed by atoms with van der Waals surface area (Å²) in [6.45, 7) is 1.40. The molecule has 0 unspecified atom stereocenters. The first-order chi connectivity index (χ1) is 19.4. The fraction of sp³-hybridized carbons (Fsp3) is 0.200. The number of rotatable bonds is 4. The highest BCUT2D eigenvalue weighted by atomic mass is 16.7. The van der Waals surface area contributed by atoms with Gasteiger partial charge in [0.2, 0.25) is 24.5 Å². The Bertz CT molecular complexity index is 1620. The van der Waals surface area contributed by atoms with Gasteiger partial charge in [-0.05, 0) is 53.6 Å². The van der Waals surface area contributed by atoms with E-state index in [-0.39, 0.29) is 12.7 Å². The van der Waals surface area contributed by atoms with Gasteiger partial charge in [0.05, 0.1) is 23.6 Å². The maximum atomic E-state index is 14.0. The number of benzene rings is 3. The summed E-state index contributed by atoms with van der Waals surface area (Å²) in [5.41, 5.74) is 2.65. The third-order valence-electron chi connectivity index (χ3n) is 7.73. The number of amides is 3. The van der Waals surface area contributed by atoms with Crippen LogP contribution in [0.5, 0.6) is 17.2 Å². The van der Waals surface area contributed by atoms with Gasteiger partial charge in [-0.25, -0.2) is 4.90 Å². The van der Waals surface area contributed by atoms with Crippen molar-refractivity contribution in [2.24, 2.45) is 11.8 Å². The summed E-state index contributed by atoms with van der Waals surface area (Å²) >= 11 is 0. The lowest BCUT2D eigenvalue weighted by atomic mass is 9.84. The molecule has 3 aromatic carbocycles. The summed E-state index contributed by atoms with van der Waals surface area (Å²) < 4.78 is 15.9. The molecular formula is C30H23N3O7. The van der Waals surface area contributed by atoms with Crippen LogP contribution in [0.4, 0.5) is 11.4 Å². The highest BCUT2D eigenvalue weighted by molar-refractivity contribution is 6.24. The predicted octanol–water partition coefficient (Wildman–Crippen LogP) is 3.49. The van der Waals surface area contributed by atoms with Crippen molar-refractivity contribution in [3.05, 3.63) is 84.1 Å². The van der Waals surface area contributed by atoms with E-state index < -0.39 is 41.7 Å². The minimum Gasteiger partial charge on any atom is -0.454 e. The number of esters is 1. The first-order valence-electron chi connectivity index (χ1n) is 12.8. The van der Waals surface area contributed by atoms with Crippen molar-refractivity contribution in [3.63, 3.8) is 0 Å². The number of hydrogen-bond donors (Lipinski definition) is 1. The van der Waals surface area contributed by atoms with Crippen LogP contribution in [0.3, 0.4) is 0 Å². The van der Waals surface area contributed by atoms with E-state index in [1.807, 2.05) is 35.2 Å². The summed E-state index contributed by atoms with van der Waals surface area (Å²) in [5.74, 6) is -2.02. The lowest BCUT2D eigenvalue weighted by Gasteiger charge is -2.35. The van der Waals surface area contributed by atoms with Crippen molar-refractivity contribution in [2.75, 3.05) is 17.0 Å². The molecule has 4 atom stereocenters. The minimum absolute atomic E-state index is 0.104. The van der Waals surface area contributed by atoms with Gasteiger partial charge < -0.3 is 24.4 Å². The molecule has 200 valence electrons. The number of carbonyl (C=O) groups is 4. The monoisotopic (exact) mass is 537 g/mol. The van der Waals surface area contributed by atoms with E-state index >= 15 is 0 Å². The van der Waals surface area contributed by atoms with Gasteiger partial charge in [0.15, 0.2) is 11.5 Å². The van der Waals surface area contributed by atoms with E-state index in [1.165, 1.54) is 19.1 Å². The third-order valence-corrected chi connectivity index (χ3v) is 7.73. The number of imide groups is 1. The number of anilines is 2. The largest absolute Gasteiger partial charge is 0.454 e. The number of fused-ring (bicyclic) bond motifs is 6. The molecule has 0 spiro atoms. The zero-order valence-electron chi connectivity index (χ0n) is 21.3. The minimum atomic E-state index is -0.938. The van der Waals surface area contributed by atoms with Gasteiger partial charge in [0.25, 0.3) is 0 Å². The van der Waals surface area contributed by atoms with Crippen molar-refractivity contribution in [2.45, 2.75) is 19.0 Å². The molecule has 0 bridgehead atoms. The predicted molar refractivity (Wildman–Crippen MR) is 142 cm³/mol. The first kappa shape index (κ1) is 24.0. The molecule has 1 N–H and O–H groups in total. The second-order valence-electron chi connectivity index (χ2n) is 9.99. The standard InChI is InChI=1S/C30H23N3O7/c1-16(34)40-20-9-7-19(8-10-20)33-29(36)24-25(30(33)37)27(32-13-12-17-4-2-3-5-21(17)26(24)32)28(35)31-18-6-11-22-23(14-18)39-15-38-22/h2-14,24-27H,15H2,1H3,(H,31,35)/t24-,25-,26+,27+/m1/s1. The van der Waals surface area contributed by atoms with Crippen LogP contribution in [0.25, 0.3) is 6.08 Å². The molecule has 4 aliphatic heterocycles. The summed E-state index contributed by atoms with van der Waals surface area (Å²) in [7, 11) is 0. The molecule has 10 nitrogen and oxygen atoms in total. The van der Waals surface area contributed by atoms with E-state index in [4.69, 9.17) is 14.2 Å². The SMILES string of the molecule is CC(=O)Oc1ccc(N2C(=O)[C@@H]3[C@@H](C2=O)[C@@H]2c4ccccc4C=CN2[C@@H]3C(=O)Nc2ccc3c(c2)OCO3)cc1. The van der Waals surface area contributed by atoms with Crippen molar-refractivity contribution < 1.29 is 33.4 Å². The lowest BCUT2D eigenvalue weighted by molar-refractivity contribution is -0.132. The normalized spacial score (nSPS) is 23.5. The lowest BCUT2D eigenvalue weighted by Crippen LogP contribution is -2.46. The number of nitrogens with zero attached hydrogens (tertiary/aromatic N) is 2. The molecule has 0 aromatic heterocycles. The molecule has 2 saturated heterocycles. The van der Waals surface area contributed by atoms with E-state index in [2.05, 4.69) is 5.32 Å². The summed E-state index contributed by atoms with van der Waals surface area (Å²) in [6.07, 6.45) is 3.70. The Morgan fingerprint density at radius 1 is 0.925 bits per heavy atom. The topological polar surface area (TPSA) is 114 Å². The van der Waals surface area contributed by atoms with Gasteiger partial charge >= 0.3 is 5.97 Å². The molecule has 2 fully saturated rings. The van der Waals surface area contributed by atoms with Gasteiger partial charge in [-0.3, -0.25) is 19.2 Å². The molecule has 3 amide bonds. The molecule has 4 aliphatic rings. The highest BCUT2D eigenvalue weighted by Gasteiger charge is 2.64. The van der Waals surface area contributed by atoms with Crippen LogP contribution >= 0.6 is 0 Å². The molecular weight excluding hydrogens is 514 g/mol. The molecule has 40 heavy (non-hydrogen) atoms. The number of carbonyl (C=O) groups excluding carboxylic acids is 4. The Balaban J connectivity index is 1.26. The average molecular weight is 538 g/mol. The quantitative estimate of drug-likeness (QED) is 0.306. The molecule has 4 heterocycles. The molecule has 10 heteroatoms. The van der Waals surface area contributed by atoms with Crippen LogP contribution < -0.4 is 24.4 Å². The smallest absolute Gasteiger partial charge is 0.308 e. The maximum absolute atomic E-state index is 14.0. The number of hydrogen-bond acceptors (Lipinski definition) is 8. The molecule has 0 saturated carbocycles. The Kier molecular flexibility index (Phi) is 5.38. The van der Waals surface area contributed by atoms with Gasteiger partial charge in [-0.2, -0.15) is 0 Å². The van der Waals surface area contributed by atoms with Crippen LogP contribution in [-0.4, -0.2) is 41.4 Å². The molecule has 7 rings (SSSR count). The number of ether oxygens (including phenoxy) is 3. The van der Waals surface area contributed by atoms with Crippen LogP contribution in [-0.2, 0) is 19.2 Å². The second kappa shape index (κ2) is 8.98. The van der Waals surface area contributed by atoms with E-state index in [0.717, 1.165) is 16.0 Å². The van der Waals surface area contributed by atoms with Gasteiger partial charge in [0, 0.05) is 24.9 Å². The summed E-state index contributed by atoms with van der Waals surface area (Å²) in [5, 5.41) is 2.92. The zero-order chi connectivity index (χ0) is 27.5. The summed E-state index contributed by atoms with van der Waals surface area (Å²) in [6, 6.07) is 17.5. The third kappa shape index (κ3) is 3.64. The van der Waals surface area contributed by atoms with Crippen LogP contribution in [0.15, 0.2) is 72.9 Å². The molecule has 0 radical (unpaired) electrons. The van der Waals surface area contributed by atoms with Crippen molar-refractivity contribution in [1.82, 2.24) is 4.90 Å². The van der Waals surface area contributed by atoms with Crippen molar-refractivity contribution >= 4 is 41.1 Å². The Hall–Kier alpha value is -5.12.